The van der Waals surface area contributed by atoms with Crippen molar-refractivity contribution in [1.29, 1.82) is 0 Å². The van der Waals surface area contributed by atoms with Gasteiger partial charge in [0.05, 0.1) is 13.1 Å². The van der Waals surface area contributed by atoms with Gasteiger partial charge in [-0.15, -0.1) is 0 Å². The highest BCUT2D eigenvalue weighted by atomic mass is 16.5. The first-order valence-electron chi connectivity index (χ1n) is 9.95. The van der Waals surface area contributed by atoms with Gasteiger partial charge in [-0.25, -0.2) is 4.99 Å². The number of ether oxygens (including phenoxy) is 1. The largest absolute Gasteiger partial charge is 0.489 e. The number of nitrogens with one attached hydrogen (secondary N) is 3. The van der Waals surface area contributed by atoms with E-state index in [1.165, 1.54) is 0 Å². The molecule has 1 saturated heterocycles. The maximum atomic E-state index is 11.5. The second-order valence-electron chi connectivity index (χ2n) is 6.77. The van der Waals surface area contributed by atoms with Gasteiger partial charge < -0.3 is 20.7 Å². The lowest BCUT2D eigenvalue weighted by Gasteiger charge is -2.32. The van der Waals surface area contributed by atoms with Gasteiger partial charge in [-0.1, -0.05) is 30.9 Å². The van der Waals surface area contributed by atoms with Gasteiger partial charge in [-0.3, -0.25) is 9.69 Å². The first-order valence-corrected chi connectivity index (χ1v) is 9.95. The van der Waals surface area contributed by atoms with Gasteiger partial charge in [0.15, 0.2) is 5.96 Å². The number of rotatable bonds is 9. The molecule has 7 heteroatoms. The number of nitrogens with zero attached hydrogens (tertiary/aromatic N) is 2. The highest BCUT2D eigenvalue weighted by Crippen LogP contribution is 2.19. The van der Waals surface area contributed by atoms with Crippen LogP contribution in [0, 0.1) is 0 Å². The van der Waals surface area contributed by atoms with Gasteiger partial charge in [0.25, 0.3) is 0 Å². The molecule has 0 spiro atoms. The van der Waals surface area contributed by atoms with Crippen molar-refractivity contribution in [3.8, 4) is 5.75 Å². The van der Waals surface area contributed by atoms with E-state index in [1.807, 2.05) is 24.3 Å². The molecule has 1 aliphatic rings. The van der Waals surface area contributed by atoms with Crippen molar-refractivity contribution >= 4 is 11.9 Å². The van der Waals surface area contributed by atoms with E-state index in [2.05, 4.69) is 34.4 Å². The van der Waals surface area contributed by atoms with Crippen LogP contribution in [-0.4, -0.2) is 62.6 Å². The molecule has 0 atom stereocenters. The van der Waals surface area contributed by atoms with Gasteiger partial charge in [0, 0.05) is 38.3 Å². The molecule has 1 aromatic rings. The van der Waals surface area contributed by atoms with Crippen molar-refractivity contribution in [3.05, 3.63) is 42.5 Å². The van der Waals surface area contributed by atoms with Gasteiger partial charge in [0.1, 0.15) is 12.4 Å². The lowest BCUT2D eigenvalue weighted by atomic mass is 10.1. The zero-order valence-electron chi connectivity index (χ0n) is 17.0. The summed E-state index contributed by atoms with van der Waals surface area (Å²) in [5, 5.41) is 9.53. The number of aliphatic imine (C=N–C) groups is 1. The molecule has 0 bridgehead atoms. The summed E-state index contributed by atoms with van der Waals surface area (Å²) >= 11 is 0. The Balaban J connectivity index is 1.91. The second kappa shape index (κ2) is 12.0. The smallest absolute Gasteiger partial charge is 0.233 e. The van der Waals surface area contributed by atoms with Crippen LogP contribution in [0.15, 0.2) is 41.9 Å². The topological polar surface area (TPSA) is 78.0 Å². The Kier molecular flexibility index (Phi) is 9.34. The summed E-state index contributed by atoms with van der Waals surface area (Å²) in [4.78, 5) is 18.5. The number of carbonyl (C=O) groups excluding carboxylic acids is 1. The number of para-hydroxylation sites is 1. The average molecular weight is 388 g/mol. The summed E-state index contributed by atoms with van der Waals surface area (Å²) in [7, 11) is 1.68. The molecule has 3 N–H and O–H groups in total. The molecule has 1 aromatic carbocycles. The standard InChI is InChI=1S/C21H33N5O2/c1-4-14-28-19-9-7-6-8-17(19)15-24-21(23-5-2)25-18-10-12-26(13-11-18)16-20(27)22-3/h4,6-9,18H,1,5,10-16H2,2-3H3,(H,22,27)(H2,23,24,25). The third-order valence-electron chi connectivity index (χ3n) is 4.66. The maximum absolute atomic E-state index is 11.5. The number of amides is 1. The number of benzene rings is 1. The minimum Gasteiger partial charge on any atom is -0.489 e. The van der Waals surface area contributed by atoms with Crippen LogP contribution in [-0.2, 0) is 11.3 Å². The maximum Gasteiger partial charge on any atom is 0.233 e. The van der Waals surface area contributed by atoms with Crippen molar-refractivity contribution in [1.82, 2.24) is 20.9 Å². The molecule has 1 fully saturated rings. The monoisotopic (exact) mass is 387 g/mol. The number of carbonyl (C=O) groups is 1. The third-order valence-corrected chi connectivity index (χ3v) is 4.66. The fourth-order valence-corrected chi connectivity index (χ4v) is 3.12. The Morgan fingerprint density at radius 2 is 2.11 bits per heavy atom. The minimum atomic E-state index is 0.0682. The summed E-state index contributed by atoms with van der Waals surface area (Å²) in [6.07, 6.45) is 3.71. The van der Waals surface area contributed by atoms with Crippen molar-refractivity contribution in [2.45, 2.75) is 32.4 Å². The Labute approximate surface area is 168 Å². The van der Waals surface area contributed by atoms with Gasteiger partial charge in [-0.2, -0.15) is 0 Å². The Morgan fingerprint density at radius 1 is 1.36 bits per heavy atom. The Hall–Kier alpha value is -2.54. The van der Waals surface area contributed by atoms with E-state index in [9.17, 15) is 4.79 Å². The molecule has 0 radical (unpaired) electrons. The third kappa shape index (κ3) is 7.23. The SMILES string of the molecule is C=CCOc1ccccc1CN=C(NCC)NC1CCN(CC(=O)NC)CC1. The van der Waals surface area contributed by atoms with Gasteiger partial charge >= 0.3 is 0 Å². The number of hydrogen-bond donors (Lipinski definition) is 3. The summed E-state index contributed by atoms with van der Waals surface area (Å²) in [6.45, 7) is 9.86. The van der Waals surface area contributed by atoms with E-state index in [0.717, 1.165) is 49.7 Å². The van der Waals surface area contributed by atoms with Crippen molar-refractivity contribution in [3.63, 3.8) is 0 Å². The molecular formula is C21H33N5O2. The van der Waals surface area contributed by atoms with Crippen LogP contribution in [0.25, 0.3) is 0 Å². The normalized spacial score (nSPS) is 15.7. The molecule has 1 amide bonds. The van der Waals surface area contributed by atoms with Crippen LogP contribution in [0.4, 0.5) is 0 Å². The summed E-state index contributed by atoms with van der Waals surface area (Å²) < 4.78 is 5.71. The molecule has 0 unspecified atom stereocenters. The number of guanidine groups is 1. The van der Waals surface area contributed by atoms with Crippen LogP contribution in [0.5, 0.6) is 5.75 Å². The average Bonchev–Trinajstić information content (AvgIpc) is 2.72. The fourth-order valence-electron chi connectivity index (χ4n) is 3.12. The molecule has 2 rings (SSSR count). The molecule has 28 heavy (non-hydrogen) atoms. The summed E-state index contributed by atoms with van der Waals surface area (Å²) in [5.74, 6) is 1.72. The quantitative estimate of drug-likeness (QED) is 0.340. The molecule has 0 saturated carbocycles. The first kappa shape index (κ1) is 21.8. The van der Waals surface area contributed by atoms with Crippen molar-refractivity contribution in [2.75, 3.05) is 39.8 Å². The zero-order chi connectivity index (χ0) is 20.2. The second-order valence-corrected chi connectivity index (χ2v) is 6.77. The van der Waals surface area contributed by atoms with E-state index in [-0.39, 0.29) is 5.91 Å². The van der Waals surface area contributed by atoms with Gasteiger partial charge in [-0.05, 0) is 25.8 Å². The molecule has 0 aromatic heterocycles. The fraction of sp³-hybridized carbons (Fsp3) is 0.524. The summed E-state index contributed by atoms with van der Waals surface area (Å²) in [6, 6.07) is 8.29. The van der Waals surface area contributed by atoms with Crippen LogP contribution in [0.1, 0.15) is 25.3 Å². The van der Waals surface area contributed by atoms with E-state index in [4.69, 9.17) is 9.73 Å². The van der Waals surface area contributed by atoms with E-state index < -0.39 is 0 Å². The predicted octanol–water partition coefficient (Wildman–Crippen LogP) is 1.52. The predicted molar refractivity (Wildman–Crippen MR) is 114 cm³/mol. The first-order chi connectivity index (χ1) is 13.7. The minimum absolute atomic E-state index is 0.0682. The molecule has 154 valence electrons. The van der Waals surface area contributed by atoms with E-state index >= 15 is 0 Å². The Bertz CT molecular complexity index is 654. The lowest BCUT2D eigenvalue weighted by Crippen LogP contribution is -2.50. The summed E-state index contributed by atoms with van der Waals surface area (Å²) in [5.41, 5.74) is 1.04. The number of likely N-dealkylation sites (tertiary alicyclic amines) is 1. The molecule has 1 aliphatic heterocycles. The number of hydrogen-bond acceptors (Lipinski definition) is 4. The zero-order valence-corrected chi connectivity index (χ0v) is 17.0. The highest BCUT2D eigenvalue weighted by molar-refractivity contribution is 5.80. The number of likely N-dealkylation sites (N-methyl/N-ethyl adjacent to an activating group) is 1. The van der Waals surface area contributed by atoms with Crippen LogP contribution in [0.2, 0.25) is 0 Å². The molecule has 1 heterocycles. The lowest BCUT2D eigenvalue weighted by molar-refractivity contribution is -0.122. The molecule has 7 nitrogen and oxygen atoms in total. The van der Waals surface area contributed by atoms with Crippen LogP contribution in [0.3, 0.4) is 0 Å². The number of piperidine rings is 1. The van der Waals surface area contributed by atoms with Gasteiger partial charge in [0.2, 0.25) is 5.91 Å². The molecule has 0 aliphatic carbocycles. The highest BCUT2D eigenvalue weighted by Gasteiger charge is 2.21. The van der Waals surface area contributed by atoms with E-state index in [1.54, 1.807) is 13.1 Å². The van der Waals surface area contributed by atoms with Crippen LogP contribution < -0.4 is 20.7 Å². The van der Waals surface area contributed by atoms with E-state index in [0.29, 0.717) is 25.7 Å². The van der Waals surface area contributed by atoms with Crippen molar-refractivity contribution < 1.29 is 9.53 Å². The Morgan fingerprint density at radius 3 is 2.79 bits per heavy atom. The molecular weight excluding hydrogens is 354 g/mol. The van der Waals surface area contributed by atoms with Crippen LogP contribution >= 0.6 is 0 Å². The van der Waals surface area contributed by atoms with Crippen molar-refractivity contribution in [2.24, 2.45) is 4.99 Å².